The lowest BCUT2D eigenvalue weighted by Crippen LogP contribution is -2.43. The van der Waals surface area contributed by atoms with E-state index in [-0.39, 0.29) is 45.0 Å². The maximum atomic E-state index is 12.5. The minimum absolute atomic E-state index is 0.0840. The molecule has 1 aromatic carbocycles. The van der Waals surface area contributed by atoms with Crippen LogP contribution in [0, 0.1) is 0 Å². The van der Waals surface area contributed by atoms with Crippen molar-refractivity contribution in [1.29, 1.82) is 0 Å². The monoisotopic (exact) mass is 490 g/mol. The second-order valence-electron chi connectivity index (χ2n) is 7.71. The number of nitrogens with zero attached hydrogens (tertiary/aromatic N) is 4. The summed E-state index contributed by atoms with van der Waals surface area (Å²) in [4.78, 5) is 51.2. The highest BCUT2D eigenvalue weighted by atomic mass is 16.6. The van der Waals surface area contributed by atoms with Gasteiger partial charge in [0.2, 0.25) is 17.7 Å². The third kappa shape index (κ3) is 14.1. The Balaban J connectivity index is 2.32. The molecule has 1 atom stereocenters. The van der Waals surface area contributed by atoms with E-state index in [0.717, 1.165) is 5.56 Å². The minimum Gasteiger partial charge on any atom is -0.445 e. The largest absolute Gasteiger partial charge is 0.445 e. The molecule has 35 heavy (non-hydrogen) atoms. The Labute approximate surface area is 204 Å². The van der Waals surface area contributed by atoms with Gasteiger partial charge in [0.25, 0.3) is 0 Å². The Bertz CT molecular complexity index is 861. The standard InChI is InChI=1S/C22H34N8O5/c23-18(15-19(24)31)21(33)27-11-5-4-10-26-20(32)9-14-30(13-6-12-28-29-25)22(34)35-16-17-7-2-1-3-8-17/h1-3,7-8,18H,4-6,9-16,23H2,(H2,24,31)(H,26,32)(H,27,33)/t18-/m0/s1. The lowest BCUT2D eigenvalue weighted by Gasteiger charge is -2.21. The molecule has 0 saturated carbocycles. The number of rotatable bonds is 17. The van der Waals surface area contributed by atoms with Gasteiger partial charge in [0, 0.05) is 44.1 Å². The fourth-order valence-corrected chi connectivity index (χ4v) is 2.94. The van der Waals surface area contributed by atoms with Crippen LogP contribution in [0.5, 0.6) is 0 Å². The number of carbonyl (C=O) groups is 4. The van der Waals surface area contributed by atoms with Gasteiger partial charge in [-0.3, -0.25) is 14.4 Å². The fourth-order valence-electron chi connectivity index (χ4n) is 2.94. The van der Waals surface area contributed by atoms with Crippen molar-refractivity contribution in [3.63, 3.8) is 0 Å². The Kier molecular flexibility index (Phi) is 14.7. The predicted molar refractivity (Wildman–Crippen MR) is 128 cm³/mol. The first-order valence-corrected chi connectivity index (χ1v) is 11.4. The summed E-state index contributed by atoms with van der Waals surface area (Å²) < 4.78 is 5.35. The van der Waals surface area contributed by atoms with E-state index >= 15 is 0 Å². The molecule has 0 unspecified atom stereocenters. The molecule has 1 aromatic rings. The smallest absolute Gasteiger partial charge is 0.410 e. The number of amides is 4. The van der Waals surface area contributed by atoms with Gasteiger partial charge in [-0.15, -0.1) is 0 Å². The highest BCUT2D eigenvalue weighted by Crippen LogP contribution is 2.05. The summed E-state index contributed by atoms with van der Waals surface area (Å²) >= 11 is 0. The number of primary amides is 1. The number of azide groups is 1. The maximum absolute atomic E-state index is 12.5. The molecular formula is C22H34N8O5. The molecule has 0 aromatic heterocycles. The van der Waals surface area contributed by atoms with Gasteiger partial charge in [-0.25, -0.2) is 4.79 Å². The second-order valence-corrected chi connectivity index (χ2v) is 7.71. The number of carbonyl (C=O) groups excluding carboxylic acids is 4. The molecule has 0 aliphatic carbocycles. The van der Waals surface area contributed by atoms with Crippen molar-refractivity contribution in [3.05, 3.63) is 46.3 Å². The minimum atomic E-state index is -0.971. The molecule has 0 spiro atoms. The maximum Gasteiger partial charge on any atom is 0.410 e. The fraction of sp³-hybridized carbons (Fsp3) is 0.545. The van der Waals surface area contributed by atoms with Gasteiger partial charge in [-0.05, 0) is 30.4 Å². The summed E-state index contributed by atoms with van der Waals surface area (Å²) in [6.45, 7) is 1.55. The molecule has 0 aliphatic heterocycles. The molecule has 0 aliphatic rings. The predicted octanol–water partition coefficient (Wildman–Crippen LogP) is 0.931. The van der Waals surface area contributed by atoms with Crippen molar-refractivity contribution in [2.24, 2.45) is 16.6 Å². The molecule has 6 N–H and O–H groups in total. The molecule has 4 amide bonds. The number of ether oxygens (including phenoxy) is 1. The molecule has 13 heteroatoms. The van der Waals surface area contributed by atoms with E-state index in [1.54, 1.807) is 0 Å². The topological polar surface area (TPSA) is 206 Å². The van der Waals surface area contributed by atoms with Gasteiger partial charge in [-0.1, -0.05) is 35.4 Å². The second kappa shape index (κ2) is 17.6. The van der Waals surface area contributed by atoms with Gasteiger partial charge in [-0.2, -0.15) is 0 Å². The van der Waals surface area contributed by atoms with Crippen molar-refractivity contribution in [3.8, 4) is 0 Å². The first-order chi connectivity index (χ1) is 16.8. The van der Waals surface area contributed by atoms with Gasteiger partial charge in [0.05, 0.1) is 12.5 Å². The summed E-state index contributed by atoms with van der Waals surface area (Å²) in [5, 5.41) is 8.83. The van der Waals surface area contributed by atoms with Crippen LogP contribution >= 0.6 is 0 Å². The lowest BCUT2D eigenvalue weighted by molar-refractivity contribution is -0.126. The number of hydrogen-bond acceptors (Lipinski definition) is 7. The Morgan fingerprint density at radius 1 is 1.06 bits per heavy atom. The van der Waals surface area contributed by atoms with E-state index < -0.39 is 23.9 Å². The number of nitrogens with two attached hydrogens (primary N) is 2. The molecular weight excluding hydrogens is 456 g/mol. The van der Waals surface area contributed by atoms with Crippen LogP contribution in [0.25, 0.3) is 10.4 Å². The quantitative estimate of drug-likeness (QED) is 0.108. The van der Waals surface area contributed by atoms with E-state index in [1.165, 1.54) is 4.90 Å². The van der Waals surface area contributed by atoms with E-state index in [9.17, 15) is 19.2 Å². The number of nitrogens with one attached hydrogen (secondary N) is 2. The van der Waals surface area contributed by atoms with Gasteiger partial charge >= 0.3 is 6.09 Å². The van der Waals surface area contributed by atoms with Crippen molar-refractivity contribution in [1.82, 2.24) is 15.5 Å². The number of benzene rings is 1. The van der Waals surface area contributed by atoms with Crippen molar-refractivity contribution in [2.45, 2.75) is 44.8 Å². The molecule has 0 fully saturated rings. The molecule has 1 rings (SSSR count). The van der Waals surface area contributed by atoms with Crippen LogP contribution in [0.2, 0.25) is 0 Å². The van der Waals surface area contributed by atoms with E-state index in [0.29, 0.717) is 32.4 Å². The average molecular weight is 491 g/mol. The highest BCUT2D eigenvalue weighted by molar-refractivity contribution is 5.87. The van der Waals surface area contributed by atoms with Crippen molar-refractivity contribution < 1.29 is 23.9 Å². The third-order valence-electron chi connectivity index (χ3n) is 4.80. The van der Waals surface area contributed by atoms with Crippen molar-refractivity contribution in [2.75, 3.05) is 32.7 Å². The Morgan fingerprint density at radius 3 is 2.40 bits per heavy atom. The molecule has 0 radical (unpaired) electrons. The first kappa shape index (κ1) is 29.2. The zero-order valence-electron chi connectivity index (χ0n) is 19.7. The van der Waals surface area contributed by atoms with Crippen molar-refractivity contribution >= 4 is 23.8 Å². The number of unbranched alkanes of at least 4 members (excludes halogenated alkanes) is 1. The van der Waals surface area contributed by atoms with Crippen LogP contribution < -0.4 is 22.1 Å². The summed E-state index contributed by atoms with van der Waals surface area (Å²) in [5.74, 6) is -1.32. The summed E-state index contributed by atoms with van der Waals surface area (Å²) in [6.07, 6.45) is 0.984. The normalized spacial score (nSPS) is 11.0. The zero-order chi connectivity index (χ0) is 25.9. The van der Waals surface area contributed by atoms with Crippen LogP contribution in [0.15, 0.2) is 35.4 Å². The van der Waals surface area contributed by atoms with Crippen LogP contribution in [0.1, 0.15) is 37.7 Å². The molecule has 0 heterocycles. The average Bonchev–Trinajstić information content (AvgIpc) is 2.84. The van der Waals surface area contributed by atoms with E-state index in [1.807, 2.05) is 30.3 Å². The highest BCUT2D eigenvalue weighted by Gasteiger charge is 2.17. The van der Waals surface area contributed by atoms with E-state index in [4.69, 9.17) is 21.7 Å². The van der Waals surface area contributed by atoms with Gasteiger partial charge in [0.1, 0.15) is 6.61 Å². The molecule has 0 bridgehead atoms. The third-order valence-corrected chi connectivity index (χ3v) is 4.80. The van der Waals surface area contributed by atoms with Crippen LogP contribution in [0.3, 0.4) is 0 Å². The zero-order valence-corrected chi connectivity index (χ0v) is 19.7. The van der Waals surface area contributed by atoms with E-state index in [2.05, 4.69) is 20.7 Å². The molecule has 13 nitrogen and oxygen atoms in total. The first-order valence-electron chi connectivity index (χ1n) is 11.4. The lowest BCUT2D eigenvalue weighted by atomic mass is 10.2. The summed E-state index contributed by atoms with van der Waals surface area (Å²) in [7, 11) is 0. The summed E-state index contributed by atoms with van der Waals surface area (Å²) in [6, 6.07) is 8.27. The SMILES string of the molecule is [N-]=[N+]=NCCCN(CCC(=O)NCCCCNC(=O)[C@@H](N)CC(N)=O)C(=O)OCc1ccccc1. The van der Waals surface area contributed by atoms with Crippen LogP contribution in [-0.2, 0) is 25.7 Å². The van der Waals surface area contributed by atoms with Gasteiger partial charge in [0.15, 0.2) is 0 Å². The Hall–Kier alpha value is -3.83. The summed E-state index contributed by atoms with van der Waals surface area (Å²) in [5.41, 5.74) is 19.8. The van der Waals surface area contributed by atoms with Gasteiger partial charge < -0.3 is 31.7 Å². The molecule has 192 valence electrons. The van der Waals surface area contributed by atoms with Crippen LogP contribution in [0.4, 0.5) is 4.79 Å². The Morgan fingerprint density at radius 2 is 1.74 bits per heavy atom. The molecule has 0 saturated heterocycles. The number of hydrogen-bond donors (Lipinski definition) is 4. The van der Waals surface area contributed by atoms with Crippen LogP contribution in [-0.4, -0.2) is 67.5 Å².